The van der Waals surface area contributed by atoms with E-state index in [4.69, 9.17) is 11.6 Å². The summed E-state index contributed by atoms with van der Waals surface area (Å²) in [4.78, 5) is 33.0. The van der Waals surface area contributed by atoms with Crippen molar-refractivity contribution >= 4 is 34.4 Å². The van der Waals surface area contributed by atoms with Gasteiger partial charge in [0, 0.05) is 16.7 Å². The van der Waals surface area contributed by atoms with Gasteiger partial charge in [-0.1, -0.05) is 35.4 Å². The monoisotopic (exact) mass is 473 g/mol. The van der Waals surface area contributed by atoms with Crippen LogP contribution in [-0.2, 0) is 0 Å². The molecule has 3 heterocycles. The molecule has 0 aliphatic rings. The SMILES string of the molecule is Cc1ccc(-n2ncc3c(=O)[nH]c(-n4nc(C)cc4NC(=O)c4cccc(Cl)c4)nc32)c(C)c1. The van der Waals surface area contributed by atoms with Crippen molar-refractivity contribution in [2.75, 3.05) is 5.32 Å². The van der Waals surface area contributed by atoms with Crippen LogP contribution in [0.15, 0.2) is 59.5 Å². The second-order valence-electron chi connectivity index (χ2n) is 8.02. The summed E-state index contributed by atoms with van der Waals surface area (Å²) in [7, 11) is 0. The van der Waals surface area contributed by atoms with Crippen molar-refractivity contribution in [2.45, 2.75) is 20.8 Å². The number of benzene rings is 2. The smallest absolute Gasteiger partial charge is 0.263 e. The molecule has 0 aliphatic carbocycles. The Hall–Kier alpha value is -4.24. The highest BCUT2D eigenvalue weighted by molar-refractivity contribution is 6.31. The highest BCUT2D eigenvalue weighted by atomic mass is 35.5. The number of H-pyrrole nitrogens is 1. The lowest BCUT2D eigenvalue weighted by Gasteiger charge is -2.10. The average Bonchev–Trinajstić information content (AvgIpc) is 3.37. The number of hydrogen-bond acceptors (Lipinski definition) is 5. The number of aromatic nitrogens is 6. The van der Waals surface area contributed by atoms with Crippen LogP contribution in [0.5, 0.6) is 0 Å². The van der Waals surface area contributed by atoms with E-state index in [-0.39, 0.29) is 17.4 Å². The molecular formula is C24H20ClN7O2. The van der Waals surface area contributed by atoms with Crippen molar-refractivity contribution in [3.63, 3.8) is 0 Å². The number of halogens is 1. The highest BCUT2D eigenvalue weighted by Gasteiger charge is 2.18. The Balaban J connectivity index is 1.60. The Kier molecular flexibility index (Phi) is 5.25. The van der Waals surface area contributed by atoms with Crippen molar-refractivity contribution in [3.05, 3.63) is 92.5 Å². The number of nitrogens with one attached hydrogen (secondary N) is 2. The van der Waals surface area contributed by atoms with Crippen molar-refractivity contribution in [1.82, 2.24) is 29.5 Å². The molecule has 0 aliphatic heterocycles. The molecule has 170 valence electrons. The van der Waals surface area contributed by atoms with E-state index in [0.717, 1.165) is 16.8 Å². The fraction of sp³-hybridized carbons (Fsp3) is 0.125. The van der Waals surface area contributed by atoms with Gasteiger partial charge in [-0.15, -0.1) is 0 Å². The first kappa shape index (κ1) is 21.6. The summed E-state index contributed by atoms with van der Waals surface area (Å²) in [5.41, 5.74) is 3.97. The molecule has 5 aromatic rings. The molecule has 1 amide bonds. The molecule has 0 bridgehead atoms. The minimum Gasteiger partial charge on any atom is -0.306 e. The Morgan fingerprint density at radius 3 is 2.65 bits per heavy atom. The van der Waals surface area contributed by atoms with Gasteiger partial charge in [-0.25, -0.2) is 4.68 Å². The third kappa shape index (κ3) is 3.86. The highest BCUT2D eigenvalue weighted by Crippen LogP contribution is 2.21. The van der Waals surface area contributed by atoms with Crippen LogP contribution in [0.1, 0.15) is 27.2 Å². The van der Waals surface area contributed by atoms with E-state index in [1.807, 2.05) is 32.0 Å². The van der Waals surface area contributed by atoms with Gasteiger partial charge >= 0.3 is 0 Å². The Morgan fingerprint density at radius 2 is 1.88 bits per heavy atom. The second kappa shape index (κ2) is 8.27. The predicted molar refractivity (Wildman–Crippen MR) is 130 cm³/mol. The molecule has 0 radical (unpaired) electrons. The van der Waals surface area contributed by atoms with Crippen molar-refractivity contribution < 1.29 is 4.79 Å². The standard InChI is InChI=1S/C24H20ClN7O2/c1-13-7-8-19(14(2)9-13)31-21-18(12-26-31)23(34)29-24(28-21)32-20(10-15(3)30-32)27-22(33)16-5-4-6-17(25)11-16/h4-12H,1-3H3,(H,27,33)(H,28,29,34). The molecule has 5 rings (SSSR count). The van der Waals surface area contributed by atoms with E-state index < -0.39 is 0 Å². The van der Waals surface area contributed by atoms with E-state index in [1.165, 1.54) is 10.9 Å². The van der Waals surface area contributed by atoms with E-state index in [0.29, 0.717) is 33.1 Å². The average molecular weight is 474 g/mol. The number of anilines is 1. The molecule has 0 atom stereocenters. The van der Waals surface area contributed by atoms with Crippen molar-refractivity contribution in [3.8, 4) is 11.6 Å². The first-order valence-corrected chi connectivity index (χ1v) is 10.9. The van der Waals surface area contributed by atoms with E-state index in [9.17, 15) is 9.59 Å². The molecule has 10 heteroatoms. The molecule has 0 spiro atoms. The van der Waals surface area contributed by atoms with Gasteiger partial charge in [-0.3, -0.25) is 14.6 Å². The third-order valence-corrected chi connectivity index (χ3v) is 5.60. The van der Waals surface area contributed by atoms with Crippen LogP contribution in [0.4, 0.5) is 5.82 Å². The zero-order valence-electron chi connectivity index (χ0n) is 18.6. The predicted octanol–water partition coefficient (Wildman–Crippen LogP) is 4.13. The molecule has 0 saturated heterocycles. The second-order valence-corrected chi connectivity index (χ2v) is 8.46. The van der Waals surface area contributed by atoms with Gasteiger partial charge in [0.15, 0.2) is 5.65 Å². The van der Waals surface area contributed by atoms with E-state index >= 15 is 0 Å². The molecule has 9 nitrogen and oxygen atoms in total. The lowest BCUT2D eigenvalue weighted by Crippen LogP contribution is -2.19. The van der Waals surface area contributed by atoms with E-state index in [2.05, 4.69) is 25.5 Å². The molecule has 0 saturated carbocycles. The van der Waals surface area contributed by atoms with Gasteiger partial charge in [-0.05, 0) is 50.6 Å². The topological polar surface area (TPSA) is 110 Å². The summed E-state index contributed by atoms with van der Waals surface area (Å²) in [5, 5.41) is 12.4. The summed E-state index contributed by atoms with van der Waals surface area (Å²) in [5.74, 6) is 0.133. The summed E-state index contributed by atoms with van der Waals surface area (Å²) >= 11 is 6.01. The fourth-order valence-corrected chi connectivity index (χ4v) is 3.98. The maximum Gasteiger partial charge on any atom is 0.263 e. The number of aryl methyl sites for hydroxylation is 3. The van der Waals surface area contributed by atoms with Crippen LogP contribution in [0.3, 0.4) is 0 Å². The number of carbonyl (C=O) groups excluding carboxylic acids is 1. The quantitative estimate of drug-likeness (QED) is 0.408. The third-order valence-electron chi connectivity index (χ3n) is 5.37. The normalized spacial score (nSPS) is 11.2. The number of rotatable bonds is 4. The zero-order valence-corrected chi connectivity index (χ0v) is 19.4. The Labute approximate surface area is 199 Å². The van der Waals surface area contributed by atoms with Gasteiger partial charge in [0.25, 0.3) is 11.5 Å². The largest absolute Gasteiger partial charge is 0.306 e. The van der Waals surface area contributed by atoms with Gasteiger partial charge in [0.05, 0.1) is 17.6 Å². The summed E-state index contributed by atoms with van der Waals surface area (Å²) < 4.78 is 3.02. The molecule has 3 aromatic heterocycles. The van der Waals surface area contributed by atoms with Gasteiger partial charge in [0.2, 0.25) is 5.95 Å². The number of hydrogen-bond donors (Lipinski definition) is 2. The van der Waals surface area contributed by atoms with Gasteiger partial charge in [0.1, 0.15) is 11.2 Å². The zero-order chi connectivity index (χ0) is 24.0. The molecule has 0 fully saturated rings. The minimum absolute atomic E-state index is 0.151. The number of carbonyl (C=O) groups is 1. The Bertz CT molecular complexity index is 1630. The Morgan fingerprint density at radius 1 is 1.06 bits per heavy atom. The van der Waals surface area contributed by atoms with Crippen LogP contribution < -0.4 is 10.9 Å². The lowest BCUT2D eigenvalue weighted by atomic mass is 10.1. The minimum atomic E-state index is -0.368. The molecular weight excluding hydrogens is 454 g/mol. The number of amides is 1. The van der Waals surface area contributed by atoms with Crippen LogP contribution in [0.2, 0.25) is 5.02 Å². The van der Waals surface area contributed by atoms with Gasteiger partial charge < -0.3 is 5.32 Å². The van der Waals surface area contributed by atoms with Crippen molar-refractivity contribution in [1.29, 1.82) is 0 Å². The van der Waals surface area contributed by atoms with E-state index in [1.54, 1.807) is 41.9 Å². The molecule has 34 heavy (non-hydrogen) atoms. The maximum atomic E-state index is 12.9. The van der Waals surface area contributed by atoms with Crippen LogP contribution in [0.25, 0.3) is 22.7 Å². The maximum absolute atomic E-state index is 12.9. The molecule has 0 unspecified atom stereocenters. The number of fused-ring (bicyclic) bond motifs is 1. The summed E-state index contributed by atoms with van der Waals surface area (Å²) in [6.07, 6.45) is 1.49. The number of aromatic amines is 1. The van der Waals surface area contributed by atoms with Crippen LogP contribution in [0, 0.1) is 20.8 Å². The van der Waals surface area contributed by atoms with Gasteiger partial charge in [-0.2, -0.15) is 19.9 Å². The fourth-order valence-electron chi connectivity index (χ4n) is 3.79. The first-order valence-electron chi connectivity index (χ1n) is 10.5. The summed E-state index contributed by atoms with van der Waals surface area (Å²) in [6, 6.07) is 14.3. The number of nitrogens with zero attached hydrogens (tertiary/aromatic N) is 5. The lowest BCUT2D eigenvalue weighted by molar-refractivity contribution is 0.102. The van der Waals surface area contributed by atoms with Crippen LogP contribution in [-0.4, -0.2) is 35.4 Å². The molecule has 2 aromatic carbocycles. The van der Waals surface area contributed by atoms with Crippen LogP contribution >= 0.6 is 11.6 Å². The van der Waals surface area contributed by atoms with Crippen molar-refractivity contribution in [2.24, 2.45) is 0 Å². The first-order chi connectivity index (χ1) is 16.3. The summed E-state index contributed by atoms with van der Waals surface area (Å²) in [6.45, 7) is 5.77. The molecule has 2 N–H and O–H groups in total.